The van der Waals surface area contributed by atoms with Crippen molar-refractivity contribution in [2.24, 2.45) is 0 Å². The minimum Gasteiger partial charge on any atom is -0.317 e. The number of hydrogen-bond donors (Lipinski definition) is 1. The van der Waals surface area contributed by atoms with Crippen LogP contribution < -0.4 is 5.32 Å². The van der Waals surface area contributed by atoms with Crippen LogP contribution in [0, 0.1) is 0 Å². The van der Waals surface area contributed by atoms with Gasteiger partial charge in [-0.2, -0.15) is 0 Å². The molecule has 1 heterocycles. The average Bonchev–Trinajstić information content (AvgIpc) is 2.49. The SMILES string of the molecule is CNC(C)Cc1ccc2c(c1)S(=O)(=O)CC2C. The summed E-state index contributed by atoms with van der Waals surface area (Å²) in [7, 11) is -1.13. The van der Waals surface area contributed by atoms with Gasteiger partial charge in [-0.25, -0.2) is 8.42 Å². The van der Waals surface area contributed by atoms with Crippen LogP contribution in [0.1, 0.15) is 30.9 Å². The third-order valence-electron chi connectivity index (χ3n) is 3.45. The molecule has 1 aromatic carbocycles. The van der Waals surface area contributed by atoms with Crippen LogP contribution in [-0.4, -0.2) is 27.3 Å². The van der Waals surface area contributed by atoms with Crippen molar-refractivity contribution in [1.82, 2.24) is 5.32 Å². The van der Waals surface area contributed by atoms with Gasteiger partial charge in [0.05, 0.1) is 10.6 Å². The largest absolute Gasteiger partial charge is 0.317 e. The van der Waals surface area contributed by atoms with Crippen molar-refractivity contribution in [3.63, 3.8) is 0 Å². The lowest BCUT2D eigenvalue weighted by Gasteiger charge is -2.11. The molecule has 0 saturated carbocycles. The van der Waals surface area contributed by atoms with Gasteiger partial charge in [0.2, 0.25) is 0 Å². The van der Waals surface area contributed by atoms with Gasteiger partial charge < -0.3 is 5.32 Å². The third kappa shape index (κ3) is 2.38. The lowest BCUT2D eigenvalue weighted by molar-refractivity contribution is 0.596. The van der Waals surface area contributed by atoms with Gasteiger partial charge in [-0.3, -0.25) is 0 Å². The Balaban J connectivity index is 2.38. The van der Waals surface area contributed by atoms with E-state index < -0.39 is 9.84 Å². The number of fused-ring (bicyclic) bond motifs is 1. The maximum absolute atomic E-state index is 12.0. The number of sulfone groups is 1. The zero-order chi connectivity index (χ0) is 12.6. The fourth-order valence-corrected chi connectivity index (χ4v) is 4.32. The molecule has 94 valence electrons. The Kier molecular flexibility index (Phi) is 3.27. The molecule has 1 N–H and O–H groups in total. The predicted molar refractivity (Wildman–Crippen MR) is 69.1 cm³/mol. The van der Waals surface area contributed by atoms with Crippen molar-refractivity contribution < 1.29 is 8.42 Å². The van der Waals surface area contributed by atoms with Gasteiger partial charge in [-0.15, -0.1) is 0 Å². The fraction of sp³-hybridized carbons (Fsp3) is 0.538. The van der Waals surface area contributed by atoms with E-state index in [4.69, 9.17) is 0 Å². The average molecular weight is 253 g/mol. The van der Waals surface area contributed by atoms with E-state index in [-0.39, 0.29) is 11.7 Å². The summed E-state index contributed by atoms with van der Waals surface area (Å²) >= 11 is 0. The Morgan fingerprint density at radius 1 is 1.47 bits per heavy atom. The van der Waals surface area contributed by atoms with Gasteiger partial charge in [0.15, 0.2) is 9.84 Å². The Morgan fingerprint density at radius 3 is 2.82 bits per heavy atom. The summed E-state index contributed by atoms with van der Waals surface area (Å²) in [5.41, 5.74) is 2.06. The smallest absolute Gasteiger partial charge is 0.179 e. The molecule has 4 heteroatoms. The highest BCUT2D eigenvalue weighted by atomic mass is 32.2. The van der Waals surface area contributed by atoms with E-state index in [1.807, 2.05) is 32.2 Å². The first-order valence-electron chi connectivity index (χ1n) is 5.97. The standard InChI is InChI=1S/C13H19NO2S/c1-9-8-17(15,16)13-7-11(4-5-12(9)13)6-10(2)14-3/h4-5,7,9-10,14H,6,8H2,1-3H3. The molecule has 2 atom stereocenters. The van der Waals surface area contributed by atoms with Gasteiger partial charge in [0.1, 0.15) is 0 Å². The first-order chi connectivity index (χ1) is 7.94. The van der Waals surface area contributed by atoms with E-state index in [1.54, 1.807) is 0 Å². The zero-order valence-corrected chi connectivity index (χ0v) is 11.3. The Bertz CT molecular complexity index is 522. The van der Waals surface area contributed by atoms with E-state index in [1.165, 1.54) is 0 Å². The van der Waals surface area contributed by atoms with Crippen molar-refractivity contribution in [2.45, 2.75) is 37.1 Å². The van der Waals surface area contributed by atoms with Crippen LogP contribution in [0.15, 0.2) is 23.1 Å². The summed E-state index contributed by atoms with van der Waals surface area (Å²) in [6, 6.07) is 6.23. The first kappa shape index (κ1) is 12.6. The molecular weight excluding hydrogens is 234 g/mol. The Hall–Kier alpha value is -0.870. The Labute approximate surface area is 103 Å². The maximum atomic E-state index is 12.0. The zero-order valence-electron chi connectivity index (χ0n) is 10.5. The summed E-state index contributed by atoms with van der Waals surface area (Å²) in [6.45, 7) is 4.06. The molecule has 0 radical (unpaired) electrons. The quantitative estimate of drug-likeness (QED) is 0.892. The molecule has 0 saturated heterocycles. The van der Waals surface area contributed by atoms with E-state index >= 15 is 0 Å². The molecule has 0 fully saturated rings. The second kappa shape index (κ2) is 4.42. The highest BCUT2D eigenvalue weighted by Gasteiger charge is 2.31. The second-order valence-corrected chi connectivity index (χ2v) is 6.95. The van der Waals surface area contributed by atoms with Crippen LogP contribution in [-0.2, 0) is 16.3 Å². The molecule has 0 aliphatic carbocycles. The molecule has 1 aliphatic rings. The molecule has 2 rings (SSSR count). The van der Waals surface area contributed by atoms with E-state index in [2.05, 4.69) is 12.2 Å². The normalized spacial score (nSPS) is 23.4. The Morgan fingerprint density at radius 2 is 2.18 bits per heavy atom. The van der Waals surface area contributed by atoms with Gasteiger partial charge in [-0.05, 0) is 43.5 Å². The molecule has 1 aliphatic heterocycles. The molecule has 17 heavy (non-hydrogen) atoms. The van der Waals surface area contributed by atoms with Crippen molar-refractivity contribution in [3.8, 4) is 0 Å². The molecule has 0 aromatic heterocycles. The van der Waals surface area contributed by atoms with Crippen LogP contribution in [0.3, 0.4) is 0 Å². The fourth-order valence-electron chi connectivity index (χ4n) is 2.35. The molecule has 0 spiro atoms. The number of likely N-dealkylation sites (N-methyl/N-ethyl adjacent to an activating group) is 1. The number of nitrogens with one attached hydrogen (secondary N) is 1. The minimum atomic E-state index is -3.04. The summed E-state index contributed by atoms with van der Waals surface area (Å²) in [5, 5.41) is 3.16. The van der Waals surface area contributed by atoms with Crippen LogP contribution >= 0.6 is 0 Å². The first-order valence-corrected chi connectivity index (χ1v) is 7.62. The van der Waals surface area contributed by atoms with Gasteiger partial charge >= 0.3 is 0 Å². The number of hydrogen-bond acceptors (Lipinski definition) is 3. The van der Waals surface area contributed by atoms with Gasteiger partial charge in [0.25, 0.3) is 0 Å². The minimum absolute atomic E-state index is 0.130. The highest BCUT2D eigenvalue weighted by molar-refractivity contribution is 7.91. The number of benzene rings is 1. The van der Waals surface area contributed by atoms with E-state index in [0.29, 0.717) is 10.9 Å². The number of rotatable bonds is 3. The van der Waals surface area contributed by atoms with Crippen LogP contribution in [0.2, 0.25) is 0 Å². The molecule has 2 unspecified atom stereocenters. The van der Waals surface area contributed by atoms with E-state index in [0.717, 1.165) is 17.5 Å². The van der Waals surface area contributed by atoms with Crippen molar-refractivity contribution in [1.29, 1.82) is 0 Å². The highest BCUT2D eigenvalue weighted by Crippen LogP contribution is 2.35. The predicted octanol–water partition coefficient (Wildman–Crippen LogP) is 1.73. The summed E-state index contributed by atoms with van der Waals surface area (Å²) in [5.74, 6) is 0.388. The van der Waals surface area contributed by atoms with Crippen molar-refractivity contribution in [2.75, 3.05) is 12.8 Å². The summed E-state index contributed by atoms with van der Waals surface area (Å²) < 4.78 is 23.9. The van der Waals surface area contributed by atoms with E-state index in [9.17, 15) is 8.42 Å². The van der Waals surface area contributed by atoms with Crippen molar-refractivity contribution in [3.05, 3.63) is 29.3 Å². The molecule has 0 amide bonds. The molecular formula is C13H19NO2S. The molecule has 0 bridgehead atoms. The van der Waals surface area contributed by atoms with Crippen LogP contribution in [0.5, 0.6) is 0 Å². The summed E-state index contributed by atoms with van der Waals surface area (Å²) in [4.78, 5) is 0.547. The van der Waals surface area contributed by atoms with Gasteiger partial charge in [-0.1, -0.05) is 19.1 Å². The molecule has 1 aromatic rings. The topological polar surface area (TPSA) is 46.2 Å². The third-order valence-corrected chi connectivity index (χ3v) is 5.41. The second-order valence-electron chi connectivity index (χ2n) is 4.95. The van der Waals surface area contributed by atoms with Crippen LogP contribution in [0.4, 0.5) is 0 Å². The monoisotopic (exact) mass is 253 g/mol. The lowest BCUT2D eigenvalue weighted by atomic mass is 9.99. The van der Waals surface area contributed by atoms with Crippen molar-refractivity contribution >= 4 is 9.84 Å². The van der Waals surface area contributed by atoms with Crippen LogP contribution in [0.25, 0.3) is 0 Å². The lowest BCUT2D eigenvalue weighted by Crippen LogP contribution is -2.23. The molecule has 3 nitrogen and oxygen atoms in total. The summed E-state index contributed by atoms with van der Waals surface area (Å²) in [6.07, 6.45) is 0.855. The van der Waals surface area contributed by atoms with Gasteiger partial charge in [0, 0.05) is 6.04 Å². The maximum Gasteiger partial charge on any atom is 0.179 e.